The van der Waals surface area contributed by atoms with E-state index >= 15 is 0 Å². The van der Waals surface area contributed by atoms with Crippen molar-refractivity contribution in [2.24, 2.45) is 0 Å². The lowest BCUT2D eigenvalue weighted by Gasteiger charge is -2.21. The number of nitrogens with zero attached hydrogens (tertiary/aromatic N) is 1. The summed E-state index contributed by atoms with van der Waals surface area (Å²) in [6.45, 7) is 1.69. The van der Waals surface area contributed by atoms with Crippen LogP contribution in [0.1, 0.15) is 12.5 Å². The van der Waals surface area contributed by atoms with Crippen molar-refractivity contribution in [2.45, 2.75) is 13.5 Å². The van der Waals surface area contributed by atoms with Gasteiger partial charge in [0.15, 0.2) is 0 Å². The predicted molar refractivity (Wildman–Crippen MR) is 92.8 cm³/mol. The molecule has 120 valence electrons. The molecule has 4 nitrogen and oxygen atoms in total. The van der Waals surface area contributed by atoms with Crippen molar-refractivity contribution in [3.8, 4) is 0 Å². The molecule has 0 atom stereocenters. The number of nitrogens with one attached hydrogen (secondary N) is 1. The van der Waals surface area contributed by atoms with E-state index < -0.39 is 0 Å². The summed E-state index contributed by atoms with van der Waals surface area (Å²) in [5, 5.41) is 3.60. The third kappa shape index (κ3) is 5.27. The Balaban J connectivity index is 2.04. The third-order valence-corrected chi connectivity index (χ3v) is 3.61. The average molecular weight is 351 g/mol. The molecule has 23 heavy (non-hydrogen) atoms. The molecule has 2 aromatic carbocycles. The molecule has 6 heteroatoms. The molecule has 0 aliphatic carbocycles. The molecule has 0 bridgehead atoms. The van der Waals surface area contributed by atoms with Crippen molar-refractivity contribution >= 4 is 40.7 Å². The zero-order valence-electron chi connectivity index (χ0n) is 12.6. The maximum Gasteiger partial charge on any atom is 0.240 e. The minimum absolute atomic E-state index is 0.0984. The van der Waals surface area contributed by atoms with E-state index in [1.54, 1.807) is 18.2 Å². The predicted octanol–water partition coefficient (Wildman–Crippen LogP) is 3.66. The first kappa shape index (κ1) is 17.3. The molecule has 0 fully saturated rings. The van der Waals surface area contributed by atoms with Gasteiger partial charge in [0.1, 0.15) is 6.54 Å². The van der Waals surface area contributed by atoms with E-state index in [-0.39, 0.29) is 18.4 Å². The minimum Gasteiger partial charge on any atom is -0.350 e. The number of carbonyl (C=O) groups excluding carboxylic acids is 2. The maximum atomic E-state index is 12.1. The second-order valence-electron chi connectivity index (χ2n) is 5.00. The van der Waals surface area contributed by atoms with Gasteiger partial charge in [0.2, 0.25) is 11.8 Å². The van der Waals surface area contributed by atoms with E-state index in [4.69, 9.17) is 23.2 Å². The van der Waals surface area contributed by atoms with Crippen molar-refractivity contribution in [2.75, 3.05) is 11.4 Å². The molecule has 0 saturated carbocycles. The molecule has 0 unspecified atom stereocenters. The molecule has 0 heterocycles. The number of hydrogen-bond donors (Lipinski definition) is 1. The van der Waals surface area contributed by atoms with E-state index in [1.807, 2.05) is 30.3 Å². The van der Waals surface area contributed by atoms with Crippen LogP contribution in [0.3, 0.4) is 0 Å². The van der Waals surface area contributed by atoms with Crippen LogP contribution in [0.15, 0.2) is 48.5 Å². The van der Waals surface area contributed by atoms with Crippen molar-refractivity contribution < 1.29 is 9.59 Å². The molecule has 0 aromatic heterocycles. The van der Waals surface area contributed by atoms with Crippen LogP contribution in [0.5, 0.6) is 0 Å². The summed E-state index contributed by atoms with van der Waals surface area (Å²) in [7, 11) is 0. The van der Waals surface area contributed by atoms with Gasteiger partial charge in [-0.1, -0.05) is 53.5 Å². The first-order chi connectivity index (χ1) is 11.0. The fraction of sp³-hybridized carbons (Fsp3) is 0.176. The van der Waals surface area contributed by atoms with Gasteiger partial charge >= 0.3 is 0 Å². The van der Waals surface area contributed by atoms with E-state index in [1.165, 1.54) is 11.8 Å². The van der Waals surface area contributed by atoms with Crippen molar-refractivity contribution in [3.63, 3.8) is 0 Å². The number of carbonyl (C=O) groups is 2. The summed E-state index contributed by atoms with van der Waals surface area (Å²) in [4.78, 5) is 25.3. The van der Waals surface area contributed by atoms with Gasteiger partial charge in [0, 0.05) is 29.2 Å². The Morgan fingerprint density at radius 2 is 1.65 bits per heavy atom. The molecule has 2 aromatic rings. The SMILES string of the molecule is CC(=O)N(CC(=O)NCc1ccccc1)c1cc(Cl)cc(Cl)c1. The number of amides is 2. The zero-order valence-corrected chi connectivity index (χ0v) is 14.1. The van der Waals surface area contributed by atoms with Crippen LogP contribution in [0.4, 0.5) is 5.69 Å². The highest BCUT2D eigenvalue weighted by Gasteiger charge is 2.16. The molecule has 0 spiro atoms. The van der Waals surface area contributed by atoms with Gasteiger partial charge in [-0.15, -0.1) is 0 Å². The van der Waals surface area contributed by atoms with Gasteiger partial charge in [-0.25, -0.2) is 0 Å². The largest absolute Gasteiger partial charge is 0.350 e. The van der Waals surface area contributed by atoms with E-state index in [0.717, 1.165) is 5.56 Å². The van der Waals surface area contributed by atoms with Crippen LogP contribution >= 0.6 is 23.2 Å². The van der Waals surface area contributed by atoms with Gasteiger partial charge in [-0.2, -0.15) is 0 Å². The third-order valence-electron chi connectivity index (χ3n) is 3.17. The van der Waals surface area contributed by atoms with E-state index in [9.17, 15) is 9.59 Å². The average Bonchev–Trinajstić information content (AvgIpc) is 2.50. The van der Waals surface area contributed by atoms with Gasteiger partial charge in [-0.3, -0.25) is 9.59 Å². The molecule has 0 aliphatic rings. The Morgan fingerprint density at radius 3 is 2.22 bits per heavy atom. The first-order valence-corrected chi connectivity index (χ1v) is 7.76. The highest BCUT2D eigenvalue weighted by molar-refractivity contribution is 6.35. The first-order valence-electron chi connectivity index (χ1n) is 7.00. The fourth-order valence-electron chi connectivity index (χ4n) is 2.08. The Labute approximate surface area is 145 Å². The quantitative estimate of drug-likeness (QED) is 0.894. The number of rotatable bonds is 5. The van der Waals surface area contributed by atoms with Gasteiger partial charge in [0.25, 0.3) is 0 Å². The van der Waals surface area contributed by atoms with Gasteiger partial charge < -0.3 is 10.2 Å². The smallest absolute Gasteiger partial charge is 0.240 e. The lowest BCUT2D eigenvalue weighted by molar-refractivity contribution is -0.123. The lowest BCUT2D eigenvalue weighted by Crippen LogP contribution is -2.39. The van der Waals surface area contributed by atoms with Crippen LogP contribution in [0.2, 0.25) is 10.0 Å². The molecule has 2 amide bonds. The minimum atomic E-state index is -0.266. The Bertz CT molecular complexity index is 685. The molecular formula is C17H16Cl2N2O2. The highest BCUT2D eigenvalue weighted by atomic mass is 35.5. The Kier molecular flexibility index (Phi) is 6.02. The topological polar surface area (TPSA) is 49.4 Å². The summed E-state index contributed by atoms with van der Waals surface area (Å²) in [5.74, 6) is -0.529. The second kappa shape index (κ2) is 7.99. The van der Waals surface area contributed by atoms with Gasteiger partial charge in [-0.05, 0) is 23.8 Å². The normalized spacial score (nSPS) is 10.2. The molecule has 0 radical (unpaired) electrons. The standard InChI is InChI=1S/C17H16Cl2N2O2/c1-12(22)21(16-8-14(18)7-15(19)9-16)11-17(23)20-10-13-5-3-2-4-6-13/h2-9H,10-11H2,1H3,(H,20,23). The molecule has 1 N–H and O–H groups in total. The van der Waals surface area contributed by atoms with E-state index in [2.05, 4.69) is 5.32 Å². The summed E-state index contributed by atoms with van der Waals surface area (Å²) in [6.07, 6.45) is 0. The molecule has 2 rings (SSSR count). The van der Waals surface area contributed by atoms with Crippen LogP contribution in [-0.4, -0.2) is 18.4 Å². The van der Waals surface area contributed by atoms with Crippen molar-refractivity contribution in [1.82, 2.24) is 5.32 Å². The second-order valence-corrected chi connectivity index (χ2v) is 5.87. The van der Waals surface area contributed by atoms with Crippen molar-refractivity contribution in [3.05, 3.63) is 64.1 Å². The number of hydrogen-bond acceptors (Lipinski definition) is 2. The number of benzene rings is 2. The Hall–Kier alpha value is -2.04. The van der Waals surface area contributed by atoms with Gasteiger partial charge in [0.05, 0.1) is 0 Å². The highest BCUT2D eigenvalue weighted by Crippen LogP contribution is 2.25. The zero-order chi connectivity index (χ0) is 16.8. The van der Waals surface area contributed by atoms with Crippen LogP contribution in [0.25, 0.3) is 0 Å². The summed E-state index contributed by atoms with van der Waals surface area (Å²) in [5.41, 5.74) is 1.48. The van der Waals surface area contributed by atoms with Crippen LogP contribution in [-0.2, 0) is 16.1 Å². The van der Waals surface area contributed by atoms with E-state index in [0.29, 0.717) is 22.3 Å². The van der Waals surface area contributed by atoms with Crippen molar-refractivity contribution in [1.29, 1.82) is 0 Å². The number of halogens is 2. The summed E-state index contributed by atoms with van der Waals surface area (Å²) < 4.78 is 0. The molecular weight excluding hydrogens is 335 g/mol. The summed E-state index contributed by atoms with van der Waals surface area (Å²) >= 11 is 11.9. The summed E-state index contributed by atoms with van der Waals surface area (Å²) in [6, 6.07) is 14.3. The van der Waals surface area contributed by atoms with Crippen LogP contribution < -0.4 is 10.2 Å². The van der Waals surface area contributed by atoms with Crippen LogP contribution in [0, 0.1) is 0 Å². The number of anilines is 1. The molecule has 0 aliphatic heterocycles. The maximum absolute atomic E-state index is 12.1. The lowest BCUT2D eigenvalue weighted by atomic mass is 10.2. The monoisotopic (exact) mass is 350 g/mol. The molecule has 0 saturated heterocycles. The fourth-order valence-corrected chi connectivity index (χ4v) is 2.59. The Morgan fingerprint density at radius 1 is 1.04 bits per heavy atom.